The molecule has 0 saturated carbocycles. The third-order valence-electron chi connectivity index (χ3n) is 7.07. The standard InChI is InChI=1S/C16H15BrFNO3S.C16H17FN2O3S/c1-16(2)10-19(14-9-11(17)3-8-15(14)22-16)23(20,21)13-6-4-12(18)5-7-13;1-16(2)10-19(14-9-12(18)5-8-15(14)22-16)23(20,21)13-6-3-11(17)4-7-13/h3-9H,10H2,1-2H3;3-9H,10,18H2,1-2H3. The fraction of sp³-hybridized carbons (Fsp3) is 0.250. The van der Waals surface area contributed by atoms with Crippen molar-refractivity contribution in [3.05, 3.63) is 101 Å². The molecule has 0 aliphatic carbocycles. The van der Waals surface area contributed by atoms with Gasteiger partial charge in [0.2, 0.25) is 0 Å². The van der Waals surface area contributed by atoms with E-state index in [1.807, 2.05) is 13.8 Å². The molecule has 2 aliphatic rings. The topological polar surface area (TPSA) is 119 Å². The Labute approximate surface area is 275 Å². The van der Waals surface area contributed by atoms with Gasteiger partial charge in [0.25, 0.3) is 20.0 Å². The highest BCUT2D eigenvalue weighted by Gasteiger charge is 2.40. The number of nitrogens with zero attached hydrogens (tertiary/aromatic N) is 2. The number of hydrogen-bond acceptors (Lipinski definition) is 7. The molecule has 0 unspecified atom stereocenters. The van der Waals surface area contributed by atoms with Gasteiger partial charge in [0.05, 0.1) is 34.3 Å². The molecule has 6 rings (SSSR count). The molecule has 2 aliphatic heterocycles. The van der Waals surface area contributed by atoms with Gasteiger partial charge in [-0.1, -0.05) is 15.9 Å². The SMILES string of the molecule is CC1(C)CN(S(=O)(=O)c2ccc(F)cc2)c2cc(Br)ccc2O1.CC1(C)CN(S(=O)(=O)c2ccc(F)cc2)c2cc(N)ccc2O1. The Morgan fingerprint density at radius 1 is 0.652 bits per heavy atom. The number of nitrogen functional groups attached to an aromatic ring is 1. The Bertz CT molecular complexity index is 1840. The van der Waals surface area contributed by atoms with Gasteiger partial charge in [0.15, 0.2) is 0 Å². The predicted octanol–water partition coefficient (Wildman–Crippen LogP) is 6.73. The molecule has 0 spiro atoms. The van der Waals surface area contributed by atoms with Crippen LogP contribution >= 0.6 is 15.9 Å². The maximum absolute atomic E-state index is 13.1. The molecule has 0 saturated heterocycles. The van der Waals surface area contributed by atoms with E-state index in [1.165, 1.54) is 32.9 Å². The predicted molar refractivity (Wildman–Crippen MR) is 176 cm³/mol. The minimum absolute atomic E-state index is 0.0185. The number of nitrogens with two attached hydrogens (primary N) is 1. The molecule has 0 atom stereocenters. The summed E-state index contributed by atoms with van der Waals surface area (Å²) in [6, 6.07) is 19.7. The van der Waals surface area contributed by atoms with Crippen LogP contribution in [0.2, 0.25) is 0 Å². The molecular formula is C32H32BrF2N3O6S2. The lowest BCUT2D eigenvalue weighted by Crippen LogP contribution is -2.49. The molecule has 9 nitrogen and oxygen atoms in total. The van der Waals surface area contributed by atoms with Crippen LogP contribution < -0.4 is 23.8 Å². The van der Waals surface area contributed by atoms with E-state index in [0.717, 1.165) is 28.7 Å². The largest absolute Gasteiger partial charge is 0.484 e. The Balaban J connectivity index is 0.000000181. The summed E-state index contributed by atoms with van der Waals surface area (Å²) in [6.07, 6.45) is 0. The molecule has 0 fully saturated rings. The van der Waals surface area contributed by atoms with Crippen molar-refractivity contribution in [2.45, 2.75) is 48.7 Å². The Hall–Kier alpha value is -3.88. The molecule has 0 bridgehead atoms. The Morgan fingerprint density at radius 3 is 1.48 bits per heavy atom. The van der Waals surface area contributed by atoms with Crippen LogP contribution in [0.25, 0.3) is 0 Å². The third-order valence-corrected chi connectivity index (χ3v) is 11.1. The van der Waals surface area contributed by atoms with Gasteiger partial charge < -0.3 is 15.2 Å². The summed E-state index contributed by atoms with van der Waals surface area (Å²) in [5.41, 5.74) is 5.70. The van der Waals surface area contributed by atoms with Gasteiger partial charge in [-0.05, 0) is 113 Å². The molecule has 244 valence electrons. The van der Waals surface area contributed by atoms with E-state index in [2.05, 4.69) is 15.9 Å². The summed E-state index contributed by atoms with van der Waals surface area (Å²) in [5, 5.41) is 0. The first-order valence-corrected chi connectivity index (χ1v) is 17.7. The fourth-order valence-electron chi connectivity index (χ4n) is 5.01. The molecule has 14 heteroatoms. The Morgan fingerprint density at radius 2 is 1.04 bits per heavy atom. The maximum atomic E-state index is 13.1. The van der Waals surface area contributed by atoms with Gasteiger partial charge in [-0.3, -0.25) is 8.61 Å². The van der Waals surface area contributed by atoms with Gasteiger partial charge in [-0.25, -0.2) is 25.6 Å². The summed E-state index contributed by atoms with van der Waals surface area (Å²) in [7, 11) is -7.66. The molecule has 2 N–H and O–H groups in total. The zero-order valence-electron chi connectivity index (χ0n) is 25.4. The first-order valence-electron chi connectivity index (χ1n) is 14.0. The van der Waals surface area contributed by atoms with Crippen LogP contribution in [0.5, 0.6) is 11.5 Å². The summed E-state index contributed by atoms with van der Waals surface area (Å²) in [5.74, 6) is -0.0263. The smallest absolute Gasteiger partial charge is 0.264 e. The summed E-state index contributed by atoms with van der Waals surface area (Å²) >= 11 is 3.35. The van der Waals surface area contributed by atoms with Crippen molar-refractivity contribution in [2.75, 3.05) is 27.4 Å². The highest BCUT2D eigenvalue weighted by atomic mass is 79.9. The minimum atomic E-state index is -3.85. The number of hydrogen-bond donors (Lipinski definition) is 1. The van der Waals surface area contributed by atoms with Crippen molar-refractivity contribution < 1.29 is 35.1 Å². The number of benzene rings is 4. The van der Waals surface area contributed by atoms with Gasteiger partial charge >= 0.3 is 0 Å². The number of sulfonamides is 2. The highest BCUT2D eigenvalue weighted by molar-refractivity contribution is 9.10. The van der Waals surface area contributed by atoms with Gasteiger partial charge in [-0.15, -0.1) is 0 Å². The monoisotopic (exact) mass is 735 g/mol. The van der Waals surface area contributed by atoms with Gasteiger partial charge in [-0.2, -0.15) is 0 Å². The van der Waals surface area contributed by atoms with Crippen molar-refractivity contribution in [3.63, 3.8) is 0 Å². The molecule has 2 heterocycles. The maximum Gasteiger partial charge on any atom is 0.264 e. The number of fused-ring (bicyclic) bond motifs is 2. The van der Waals surface area contributed by atoms with Crippen LogP contribution in [0.1, 0.15) is 27.7 Å². The average molecular weight is 737 g/mol. The van der Waals surface area contributed by atoms with E-state index in [4.69, 9.17) is 15.2 Å². The number of ether oxygens (including phenoxy) is 2. The van der Waals surface area contributed by atoms with Crippen LogP contribution in [0, 0.1) is 11.6 Å². The lowest BCUT2D eigenvalue weighted by atomic mass is 10.1. The van der Waals surface area contributed by atoms with Crippen molar-refractivity contribution in [3.8, 4) is 11.5 Å². The molecular weight excluding hydrogens is 704 g/mol. The first-order chi connectivity index (χ1) is 21.4. The van der Waals surface area contributed by atoms with Crippen LogP contribution in [-0.4, -0.2) is 41.1 Å². The lowest BCUT2D eigenvalue weighted by molar-refractivity contribution is 0.110. The summed E-state index contributed by atoms with van der Waals surface area (Å²) < 4.78 is 93.1. The van der Waals surface area contributed by atoms with Crippen LogP contribution in [-0.2, 0) is 20.0 Å². The number of anilines is 3. The van der Waals surface area contributed by atoms with E-state index < -0.39 is 42.9 Å². The zero-order chi connectivity index (χ0) is 33.7. The van der Waals surface area contributed by atoms with Crippen molar-refractivity contribution in [2.24, 2.45) is 0 Å². The molecule has 0 radical (unpaired) electrons. The van der Waals surface area contributed by atoms with Crippen molar-refractivity contribution in [1.29, 1.82) is 0 Å². The second-order valence-corrected chi connectivity index (χ2v) is 16.6. The number of rotatable bonds is 4. The van der Waals surface area contributed by atoms with E-state index in [0.29, 0.717) is 28.6 Å². The first kappa shape index (κ1) is 33.5. The molecule has 46 heavy (non-hydrogen) atoms. The van der Waals surface area contributed by atoms with E-state index >= 15 is 0 Å². The van der Waals surface area contributed by atoms with Crippen molar-refractivity contribution in [1.82, 2.24) is 0 Å². The summed E-state index contributed by atoms with van der Waals surface area (Å²) in [6.45, 7) is 7.55. The zero-order valence-corrected chi connectivity index (χ0v) is 28.6. The molecule has 0 amide bonds. The third kappa shape index (κ3) is 6.93. The van der Waals surface area contributed by atoms with E-state index in [-0.39, 0.29) is 22.9 Å². The highest BCUT2D eigenvalue weighted by Crippen LogP contribution is 2.42. The van der Waals surface area contributed by atoms with Crippen LogP contribution in [0.3, 0.4) is 0 Å². The minimum Gasteiger partial charge on any atom is -0.484 e. The molecule has 4 aromatic carbocycles. The van der Waals surface area contributed by atoms with Crippen molar-refractivity contribution >= 4 is 53.0 Å². The molecule has 0 aromatic heterocycles. The number of halogens is 3. The normalized spacial score (nSPS) is 16.6. The lowest BCUT2D eigenvalue weighted by Gasteiger charge is -2.40. The second-order valence-electron chi connectivity index (χ2n) is 12.0. The Kier molecular flexibility index (Phi) is 8.77. The average Bonchev–Trinajstić information content (AvgIpc) is 2.97. The van der Waals surface area contributed by atoms with Gasteiger partial charge in [0.1, 0.15) is 34.3 Å². The second kappa shape index (κ2) is 12.0. The summed E-state index contributed by atoms with van der Waals surface area (Å²) in [4.78, 5) is 0.0625. The van der Waals surface area contributed by atoms with Gasteiger partial charge in [0, 0.05) is 10.2 Å². The van der Waals surface area contributed by atoms with E-state index in [1.54, 1.807) is 50.2 Å². The van der Waals surface area contributed by atoms with E-state index in [9.17, 15) is 25.6 Å². The van der Waals surface area contributed by atoms with Crippen LogP contribution in [0.4, 0.5) is 25.8 Å². The fourth-order valence-corrected chi connectivity index (χ4v) is 8.59. The quantitative estimate of drug-likeness (QED) is 0.231. The molecule has 4 aromatic rings. The van der Waals surface area contributed by atoms with Crippen LogP contribution in [0.15, 0.2) is 99.2 Å².